The van der Waals surface area contributed by atoms with Crippen molar-refractivity contribution in [1.82, 2.24) is 9.13 Å². The molecule has 1 aliphatic heterocycles. The molecule has 7 nitrogen and oxygen atoms in total. The smallest absolute Gasteiger partial charge is 0.338 e. The third kappa shape index (κ3) is 4.14. The molecule has 2 aromatic heterocycles. The highest BCUT2D eigenvalue weighted by Crippen LogP contribution is 2.31. The zero-order valence-electron chi connectivity index (χ0n) is 20.5. The van der Waals surface area contributed by atoms with Crippen molar-refractivity contribution in [3.8, 4) is 5.75 Å². The van der Waals surface area contributed by atoms with Crippen LogP contribution in [0.4, 0.5) is 0 Å². The zero-order chi connectivity index (χ0) is 24.7. The summed E-state index contributed by atoms with van der Waals surface area (Å²) in [6.07, 6.45) is 1.61. The summed E-state index contributed by atoms with van der Waals surface area (Å²) in [5, 5.41) is 0. The highest BCUT2D eigenvalue weighted by atomic mass is 32.1. The Hall–Kier alpha value is -3.39. The Morgan fingerprint density at radius 3 is 2.41 bits per heavy atom. The van der Waals surface area contributed by atoms with Gasteiger partial charge in [-0.1, -0.05) is 23.5 Å². The number of methoxy groups -OCH3 is 1. The Balaban J connectivity index is 1.95. The third-order valence-electron chi connectivity index (χ3n) is 6.12. The first-order valence-electron chi connectivity index (χ1n) is 11.1. The second-order valence-corrected chi connectivity index (χ2v) is 9.70. The zero-order valence-corrected chi connectivity index (χ0v) is 21.3. The lowest BCUT2D eigenvalue weighted by atomic mass is 9.96. The summed E-state index contributed by atoms with van der Waals surface area (Å²) in [6.45, 7) is 9.45. The number of benzene rings is 1. The molecule has 0 spiro atoms. The van der Waals surface area contributed by atoms with Crippen LogP contribution in [0.2, 0.25) is 0 Å². The Bertz CT molecular complexity index is 1470. The molecule has 34 heavy (non-hydrogen) atoms. The van der Waals surface area contributed by atoms with Gasteiger partial charge in [0.05, 0.1) is 35.1 Å². The number of carbonyl (C=O) groups excluding carboxylic acids is 1. The molecular formula is C26H29N3O4S. The quantitative estimate of drug-likeness (QED) is 0.527. The fourth-order valence-corrected chi connectivity index (χ4v) is 5.17. The molecule has 0 radical (unpaired) electrons. The Morgan fingerprint density at radius 2 is 1.85 bits per heavy atom. The molecule has 0 fully saturated rings. The van der Waals surface area contributed by atoms with E-state index in [-0.39, 0.29) is 11.7 Å². The number of ether oxygens (including phenoxy) is 2. The number of allylic oxidation sites excluding steroid dienone is 1. The van der Waals surface area contributed by atoms with Gasteiger partial charge in [0.15, 0.2) is 4.80 Å². The number of aryl methyl sites for hydroxylation is 1. The summed E-state index contributed by atoms with van der Waals surface area (Å²) in [7, 11) is 3.60. The van der Waals surface area contributed by atoms with Crippen molar-refractivity contribution in [2.75, 3.05) is 7.11 Å². The second-order valence-electron chi connectivity index (χ2n) is 8.69. The fourth-order valence-electron chi connectivity index (χ4n) is 4.13. The van der Waals surface area contributed by atoms with Crippen LogP contribution >= 0.6 is 11.3 Å². The molecular weight excluding hydrogens is 450 g/mol. The van der Waals surface area contributed by atoms with Crippen LogP contribution in [0.5, 0.6) is 5.75 Å². The molecule has 1 aromatic carbocycles. The van der Waals surface area contributed by atoms with Gasteiger partial charge in [0.2, 0.25) is 0 Å². The number of aromatic nitrogens is 2. The number of rotatable bonds is 5. The van der Waals surface area contributed by atoms with E-state index in [2.05, 4.69) is 15.6 Å². The molecule has 0 saturated carbocycles. The summed E-state index contributed by atoms with van der Waals surface area (Å²) in [4.78, 5) is 32.0. The van der Waals surface area contributed by atoms with Crippen LogP contribution in [-0.2, 0) is 16.6 Å². The van der Waals surface area contributed by atoms with Crippen LogP contribution in [0, 0.1) is 13.8 Å². The maximum atomic E-state index is 13.7. The van der Waals surface area contributed by atoms with E-state index in [1.165, 1.54) is 11.3 Å². The molecule has 1 atom stereocenters. The molecule has 3 heterocycles. The van der Waals surface area contributed by atoms with E-state index < -0.39 is 12.0 Å². The molecule has 4 rings (SSSR count). The number of thiazole rings is 1. The van der Waals surface area contributed by atoms with Crippen molar-refractivity contribution < 1.29 is 14.3 Å². The van der Waals surface area contributed by atoms with Crippen LogP contribution in [0.3, 0.4) is 0 Å². The molecule has 3 aromatic rings. The standard InChI is InChI=1S/C26H29N3O4S/c1-14(2)33-25(31)22-16(4)27-26-29(23(22)18-8-10-20(32-7)11-9-18)24(30)21(34-26)13-19-12-15(3)28(6)17(19)5/h8-14,23H,1-7H3/b21-13+. The van der Waals surface area contributed by atoms with Gasteiger partial charge in [0.25, 0.3) is 5.56 Å². The lowest BCUT2D eigenvalue weighted by Crippen LogP contribution is -2.40. The lowest BCUT2D eigenvalue weighted by Gasteiger charge is -2.25. The molecule has 0 saturated heterocycles. The van der Waals surface area contributed by atoms with Gasteiger partial charge in [-0.2, -0.15) is 0 Å². The molecule has 8 heteroatoms. The normalized spacial score (nSPS) is 16.0. The summed E-state index contributed by atoms with van der Waals surface area (Å²) < 4.78 is 15.1. The largest absolute Gasteiger partial charge is 0.497 e. The van der Waals surface area contributed by atoms with Crippen molar-refractivity contribution in [2.45, 2.75) is 46.8 Å². The SMILES string of the molecule is COc1ccc(C2C(C(=O)OC(C)C)=C(C)N=c3s/c(=C/c4cc(C)n(C)c4C)c(=O)n32)cc1. The predicted molar refractivity (Wildman–Crippen MR) is 133 cm³/mol. The van der Waals surface area contributed by atoms with Gasteiger partial charge in [0, 0.05) is 18.4 Å². The Morgan fingerprint density at radius 1 is 1.18 bits per heavy atom. The van der Waals surface area contributed by atoms with Crippen LogP contribution in [0.15, 0.2) is 51.4 Å². The molecule has 0 N–H and O–H groups in total. The third-order valence-corrected chi connectivity index (χ3v) is 7.10. The monoisotopic (exact) mass is 479 g/mol. The predicted octanol–water partition coefficient (Wildman–Crippen LogP) is 3.15. The first-order chi connectivity index (χ1) is 16.1. The number of nitrogens with zero attached hydrogens (tertiary/aromatic N) is 3. The summed E-state index contributed by atoms with van der Waals surface area (Å²) in [5.41, 5.74) is 4.68. The van der Waals surface area contributed by atoms with E-state index in [1.54, 1.807) is 32.4 Å². The van der Waals surface area contributed by atoms with Gasteiger partial charge in [-0.05, 0) is 70.0 Å². The molecule has 0 bridgehead atoms. The van der Waals surface area contributed by atoms with Crippen molar-refractivity contribution in [2.24, 2.45) is 12.0 Å². The summed E-state index contributed by atoms with van der Waals surface area (Å²) in [6, 6.07) is 8.79. The molecule has 0 aliphatic carbocycles. The van der Waals surface area contributed by atoms with Gasteiger partial charge in [0.1, 0.15) is 5.75 Å². The fraction of sp³-hybridized carbons (Fsp3) is 0.346. The van der Waals surface area contributed by atoms with Crippen molar-refractivity contribution in [3.05, 3.63) is 83.8 Å². The van der Waals surface area contributed by atoms with E-state index in [0.29, 0.717) is 26.4 Å². The van der Waals surface area contributed by atoms with E-state index in [1.807, 2.05) is 51.2 Å². The van der Waals surface area contributed by atoms with Crippen LogP contribution in [0.1, 0.15) is 49.3 Å². The van der Waals surface area contributed by atoms with Gasteiger partial charge in [-0.15, -0.1) is 0 Å². The highest BCUT2D eigenvalue weighted by molar-refractivity contribution is 7.07. The Labute approximate surface area is 202 Å². The lowest BCUT2D eigenvalue weighted by molar-refractivity contribution is -0.143. The van der Waals surface area contributed by atoms with Crippen LogP contribution in [-0.4, -0.2) is 28.3 Å². The van der Waals surface area contributed by atoms with Gasteiger partial charge in [-0.25, -0.2) is 9.79 Å². The molecule has 1 unspecified atom stereocenters. The molecule has 178 valence electrons. The topological polar surface area (TPSA) is 74.8 Å². The molecule has 1 aliphatic rings. The minimum Gasteiger partial charge on any atom is -0.497 e. The average molecular weight is 480 g/mol. The number of hydrogen-bond donors (Lipinski definition) is 0. The van der Waals surface area contributed by atoms with E-state index >= 15 is 0 Å². The average Bonchev–Trinajstić information content (AvgIpc) is 3.22. The van der Waals surface area contributed by atoms with Gasteiger partial charge < -0.3 is 14.0 Å². The van der Waals surface area contributed by atoms with Gasteiger partial charge in [-0.3, -0.25) is 9.36 Å². The summed E-state index contributed by atoms with van der Waals surface area (Å²) in [5.74, 6) is 0.221. The molecule has 0 amide bonds. The maximum absolute atomic E-state index is 13.7. The van der Waals surface area contributed by atoms with E-state index in [4.69, 9.17) is 9.47 Å². The summed E-state index contributed by atoms with van der Waals surface area (Å²) >= 11 is 1.33. The van der Waals surface area contributed by atoms with Crippen LogP contribution in [0.25, 0.3) is 6.08 Å². The van der Waals surface area contributed by atoms with Crippen molar-refractivity contribution in [3.63, 3.8) is 0 Å². The van der Waals surface area contributed by atoms with E-state index in [9.17, 15) is 9.59 Å². The maximum Gasteiger partial charge on any atom is 0.338 e. The highest BCUT2D eigenvalue weighted by Gasteiger charge is 2.33. The van der Waals surface area contributed by atoms with E-state index in [0.717, 1.165) is 22.5 Å². The number of esters is 1. The van der Waals surface area contributed by atoms with Crippen molar-refractivity contribution in [1.29, 1.82) is 0 Å². The van der Waals surface area contributed by atoms with Crippen molar-refractivity contribution >= 4 is 23.4 Å². The number of carbonyl (C=O) groups is 1. The first kappa shape index (κ1) is 23.8. The number of hydrogen-bond acceptors (Lipinski definition) is 6. The van der Waals surface area contributed by atoms with Gasteiger partial charge >= 0.3 is 5.97 Å². The minimum absolute atomic E-state index is 0.187. The van der Waals surface area contributed by atoms with Crippen LogP contribution < -0.4 is 19.6 Å². The second kappa shape index (κ2) is 9.10. The minimum atomic E-state index is -0.644. The number of fused-ring (bicyclic) bond motifs is 1. The first-order valence-corrected chi connectivity index (χ1v) is 11.9. The Kier molecular flexibility index (Phi) is 6.36.